The maximum absolute atomic E-state index is 10.2. The third-order valence-electron chi connectivity index (χ3n) is 0.454. The molecule has 0 fully saturated rings. The van der Waals surface area contributed by atoms with E-state index in [4.69, 9.17) is 0 Å². The Morgan fingerprint density at radius 1 is 0.667 bits per heavy atom. The first-order chi connectivity index (χ1) is 4.52. The molecule has 0 aromatic heterocycles. The summed E-state index contributed by atoms with van der Waals surface area (Å²) in [7, 11) is 0. The zero-order valence-electron chi connectivity index (χ0n) is 21.5. The molecule has 0 N–H and O–H groups in total. The van der Waals surface area contributed by atoms with Crippen molar-refractivity contribution in [2.45, 2.75) is 13.8 Å². The number of carbonyl (C=O) groups is 3. The number of carbonyl (C=O) groups excluding carboxylic acids is 3. The van der Waals surface area contributed by atoms with Crippen LogP contribution in [-0.4, -0.2) is 18.1 Å². The fraction of sp³-hybridized carbons (Fsp3) is 0.400. The van der Waals surface area contributed by atoms with Crippen LogP contribution in [0.5, 0.6) is 0 Å². The molecule has 0 atom stereocenters. The van der Waals surface area contributed by atoms with Crippen LogP contribution < -0.4 is 367 Å². The summed E-state index contributed by atoms with van der Waals surface area (Å²) in [6, 6.07) is 0. The molecule has 13 heteroatoms. The Balaban J connectivity index is -0.00000000337. The van der Waals surface area contributed by atoms with Crippen LogP contribution in [-0.2, 0) is 19.1 Å². The number of hydrogen-bond acceptors (Lipinski definition) is 5. The second-order valence-corrected chi connectivity index (χ2v) is 1.44. The molecule has 18 heavy (non-hydrogen) atoms. The van der Waals surface area contributed by atoms with E-state index in [0.29, 0.717) is 0 Å². The summed E-state index contributed by atoms with van der Waals surface area (Å²) >= 11 is 0. The summed E-state index contributed by atoms with van der Waals surface area (Å²) in [5.41, 5.74) is 0. The molecule has 0 aliphatic rings. The number of rotatable bonds is 0. The van der Waals surface area contributed by atoms with E-state index in [-0.39, 0.29) is 379 Å². The number of hydrogen-bond donors (Lipinski definition) is 0. The van der Waals surface area contributed by atoms with E-state index in [9.17, 15) is 14.4 Å². The minimum atomic E-state index is -1.29. The molecule has 0 saturated carbocycles. The van der Waals surface area contributed by atoms with Gasteiger partial charge in [0.15, 0.2) is 0 Å². The summed E-state index contributed by atoms with van der Waals surface area (Å²) in [5, 5.41) is 0. The minimum Gasteiger partial charge on any atom is -1.00 e. The van der Waals surface area contributed by atoms with Crippen molar-refractivity contribution < 1.29 is 403 Å². The molecule has 0 spiro atoms. The molecule has 0 aliphatic carbocycles. The summed E-state index contributed by atoms with van der Waals surface area (Å²) in [6.07, 6.45) is -1.29. The van der Waals surface area contributed by atoms with Gasteiger partial charge in [0.25, 0.3) is 0 Å². The van der Waals surface area contributed by atoms with Gasteiger partial charge in [-0.2, -0.15) is 0 Å². The van der Waals surface area contributed by atoms with E-state index in [1.165, 1.54) is 0 Å². The van der Waals surface area contributed by atoms with Gasteiger partial charge in [0, 0.05) is 13.8 Å². The smallest absolute Gasteiger partial charge is 1.00 e. The molecule has 0 bridgehead atoms. The zero-order chi connectivity index (χ0) is 8.15. The van der Waals surface area contributed by atoms with Crippen LogP contribution in [0, 0.1) is 0 Å². The summed E-state index contributed by atoms with van der Waals surface area (Å²) in [5.74, 6) is -1.63. The Labute approximate surface area is 419 Å². The van der Waals surface area contributed by atoms with E-state index < -0.39 is 18.1 Å². The molecular weight excluding hydrogens is 421 g/mol. The van der Waals surface area contributed by atoms with Crippen LogP contribution in [0.2, 0.25) is 0 Å². The molecule has 0 unspecified atom stereocenters. The van der Waals surface area contributed by atoms with Crippen molar-refractivity contribution in [1.82, 2.24) is 0 Å². The Morgan fingerprint density at radius 3 is 0.944 bits per heavy atom. The van der Waals surface area contributed by atoms with E-state index in [1.807, 2.05) is 0 Å². The van der Waals surface area contributed by atoms with Gasteiger partial charge in [-0.25, -0.2) is 4.79 Å². The van der Waals surface area contributed by atoms with Crippen molar-refractivity contribution in [1.29, 1.82) is 0 Å². The Hall–Kier alpha value is 10.4. The second kappa shape index (κ2) is 41.7. The molecule has 0 aliphatic heterocycles. The van der Waals surface area contributed by atoms with Crippen LogP contribution in [0.15, 0.2) is 0 Å². The molecule has 0 amide bonds. The van der Waals surface area contributed by atoms with Crippen molar-refractivity contribution in [3.05, 3.63) is 0 Å². The van der Waals surface area contributed by atoms with E-state index in [2.05, 4.69) is 9.47 Å². The molecular formula is C5H14K6Na2O5. The van der Waals surface area contributed by atoms with Gasteiger partial charge in [-0.15, -0.1) is 0 Å². The van der Waals surface area contributed by atoms with Crippen molar-refractivity contribution in [2.24, 2.45) is 0 Å². The van der Waals surface area contributed by atoms with Crippen molar-refractivity contribution in [3.63, 3.8) is 0 Å². The third kappa shape index (κ3) is 50.3. The van der Waals surface area contributed by atoms with Crippen LogP contribution in [0.25, 0.3) is 0 Å². The summed E-state index contributed by atoms with van der Waals surface area (Å²) in [4.78, 5) is 30.2. The van der Waals surface area contributed by atoms with Gasteiger partial charge in [0.2, 0.25) is 0 Å². The van der Waals surface area contributed by atoms with Gasteiger partial charge in [0.1, 0.15) is 0 Å². The fourth-order valence-corrected chi connectivity index (χ4v) is 0.256. The zero-order valence-corrected chi connectivity index (χ0v) is 36.3. The van der Waals surface area contributed by atoms with Crippen LogP contribution in [0.1, 0.15) is 25.3 Å². The van der Waals surface area contributed by atoms with Gasteiger partial charge in [0.05, 0.1) is 0 Å². The minimum absolute atomic E-state index is 0. The molecule has 0 aromatic rings. The van der Waals surface area contributed by atoms with E-state index >= 15 is 0 Å². The predicted molar refractivity (Wildman–Crippen MR) is 37.8 cm³/mol. The number of esters is 2. The molecule has 5 nitrogen and oxygen atoms in total. The maximum atomic E-state index is 10.2. The van der Waals surface area contributed by atoms with E-state index in [1.54, 1.807) is 0 Å². The molecule has 72 valence electrons. The Bertz CT molecular complexity index is 200. The first kappa shape index (κ1) is 56.7. The standard InChI is InChI=1S/C5H6O5.6K.2Na.8H/c1-3(6)9-5(8)10-4(2)7;;;;;;;;;;;;;;;;/h1-2H3;;;;;;;;;;;;;;;;/q;8*+1;8*-1. The monoisotopic (exact) mass is 434 g/mol. The van der Waals surface area contributed by atoms with Gasteiger partial charge in [-0.3, -0.25) is 9.59 Å². The first-order valence-corrected chi connectivity index (χ1v) is 2.43. The average molecular weight is 435 g/mol. The fourth-order valence-electron chi connectivity index (χ4n) is 0.256. The Kier molecular flexibility index (Phi) is 131. The average Bonchev–Trinajstić information content (AvgIpc) is 1.58. The van der Waals surface area contributed by atoms with Gasteiger partial charge in [-0.1, -0.05) is 0 Å². The Morgan fingerprint density at radius 2 is 0.833 bits per heavy atom. The topological polar surface area (TPSA) is 69.7 Å². The van der Waals surface area contributed by atoms with Gasteiger partial charge < -0.3 is 20.9 Å². The number of ether oxygens (including phenoxy) is 2. The van der Waals surface area contributed by atoms with Crippen LogP contribution in [0.3, 0.4) is 0 Å². The molecule has 0 heterocycles. The maximum Gasteiger partial charge on any atom is 1.00 e. The summed E-state index contributed by atoms with van der Waals surface area (Å²) in [6.45, 7) is 2.06. The largest absolute Gasteiger partial charge is 1.00 e. The second-order valence-electron chi connectivity index (χ2n) is 1.44. The molecule has 0 rings (SSSR count). The van der Waals surface area contributed by atoms with Crippen molar-refractivity contribution in [2.75, 3.05) is 0 Å². The molecule has 0 saturated heterocycles. The van der Waals surface area contributed by atoms with Crippen molar-refractivity contribution >= 4 is 18.1 Å². The van der Waals surface area contributed by atoms with Gasteiger partial charge >= 0.3 is 386 Å². The summed E-state index contributed by atoms with van der Waals surface area (Å²) < 4.78 is 7.68. The molecule has 0 radical (unpaired) electrons. The van der Waals surface area contributed by atoms with Crippen LogP contribution >= 0.6 is 0 Å². The SMILES string of the molecule is CC(=O)OC(=O)OC(C)=O.[H-].[H-].[H-].[H-].[H-].[H-].[H-].[H-].[K+].[K+].[K+].[K+].[K+].[K+].[Na+].[Na+]. The first-order valence-electron chi connectivity index (χ1n) is 2.43. The van der Waals surface area contributed by atoms with E-state index in [0.717, 1.165) is 13.8 Å². The normalized spacial score (nSPS) is 4.56. The molecule has 0 aromatic carbocycles. The van der Waals surface area contributed by atoms with Crippen molar-refractivity contribution in [3.8, 4) is 0 Å². The third-order valence-corrected chi connectivity index (χ3v) is 0.454. The predicted octanol–water partition coefficient (Wildman–Crippen LogP) is -22.8. The van der Waals surface area contributed by atoms with Gasteiger partial charge in [-0.05, 0) is 0 Å². The quantitative estimate of drug-likeness (QED) is 0.215. The van der Waals surface area contributed by atoms with Crippen LogP contribution in [0.4, 0.5) is 4.79 Å².